The highest BCUT2D eigenvalue weighted by molar-refractivity contribution is 7.20. The van der Waals surface area contributed by atoms with E-state index in [1.54, 1.807) is 18.2 Å². The van der Waals surface area contributed by atoms with Gasteiger partial charge >= 0.3 is 5.97 Å². The summed E-state index contributed by atoms with van der Waals surface area (Å²) in [6, 6.07) is 5.04. The first-order chi connectivity index (χ1) is 7.63. The number of rotatable bonds is 2. The van der Waals surface area contributed by atoms with Crippen molar-refractivity contribution in [2.24, 2.45) is 5.73 Å². The van der Waals surface area contributed by atoms with Gasteiger partial charge in [0, 0.05) is 0 Å². The van der Waals surface area contributed by atoms with Gasteiger partial charge in [-0.05, 0) is 12.1 Å². The molecule has 0 saturated heterocycles. The Labute approximate surface area is 94.8 Å². The van der Waals surface area contributed by atoms with E-state index in [1.807, 2.05) is 0 Å². The van der Waals surface area contributed by atoms with Gasteiger partial charge in [0.15, 0.2) is 0 Å². The molecule has 82 valence electrons. The fourth-order valence-electron chi connectivity index (χ4n) is 1.32. The highest BCUT2D eigenvalue weighted by atomic mass is 32.1. The van der Waals surface area contributed by atoms with Crippen LogP contribution in [0.3, 0.4) is 0 Å². The number of nitrogens with zero attached hydrogens (tertiary/aromatic N) is 1. The molecular weight excluding hydrogens is 228 g/mol. The summed E-state index contributed by atoms with van der Waals surface area (Å²) in [6.45, 7) is 0. The molecule has 1 amide bonds. The van der Waals surface area contributed by atoms with Crippen molar-refractivity contribution in [2.45, 2.75) is 0 Å². The quantitative estimate of drug-likeness (QED) is 0.794. The number of hydrogen-bond donors (Lipinski definition) is 1. The molecule has 2 rings (SSSR count). The maximum Gasteiger partial charge on any atom is 0.367 e. The van der Waals surface area contributed by atoms with Crippen molar-refractivity contribution < 1.29 is 14.3 Å². The number of hydrogen-bond acceptors (Lipinski definition) is 5. The summed E-state index contributed by atoms with van der Waals surface area (Å²) in [5.41, 5.74) is 5.96. The van der Waals surface area contributed by atoms with Gasteiger partial charge in [-0.3, -0.25) is 4.79 Å². The molecular formula is C10H8N2O3S. The van der Waals surface area contributed by atoms with Crippen LogP contribution in [0.2, 0.25) is 0 Å². The topological polar surface area (TPSA) is 82.3 Å². The lowest BCUT2D eigenvalue weighted by Gasteiger charge is -1.94. The van der Waals surface area contributed by atoms with Gasteiger partial charge in [0.05, 0.1) is 22.9 Å². The molecule has 0 spiro atoms. The van der Waals surface area contributed by atoms with Crippen molar-refractivity contribution in [3.8, 4) is 0 Å². The van der Waals surface area contributed by atoms with E-state index >= 15 is 0 Å². The van der Waals surface area contributed by atoms with Crippen molar-refractivity contribution >= 4 is 33.4 Å². The zero-order chi connectivity index (χ0) is 11.7. The van der Waals surface area contributed by atoms with E-state index in [9.17, 15) is 9.59 Å². The second-order valence-electron chi connectivity index (χ2n) is 3.03. The van der Waals surface area contributed by atoms with Gasteiger partial charge in [0.1, 0.15) is 0 Å². The smallest absolute Gasteiger partial charge is 0.367 e. The first kappa shape index (κ1) is 10.6. The van der Waals surface area contributed by atoms with Crippen LogP contribution in [-0.4, -0.2) is 24.0 Å². The standard InChI is InChI=1S/C10H8N2O3S/c1-15-10(14)9-12-7-5(8(11)13)3-2-4-6(7)16-9/h2-4H,1H3,(H2,11,13). The van der Waals surface area contributed by atoms with Crippen molar-refractivity contribution in [2.75, 3.05) is 7.11 Å². The maximum atomic E-state index is 11.3. The number of benzene rings is 1. The lowest BCUT2D eigenvalue weighted by molar-refractivity contribution is 0.0600. The number of para-hydroxylation sites is 1. The van der Waals surface area contributed by atoms with Crippen LogP contribution in [-0.2, 0) is 4.74 Å². The van der Waals surface area contributed by atoms with Crippen molar-refractivity contribution in [1.82, 2.24) is 4.98 Å². The molecule has 0 atom stereocenters. The number of aromatic nitrogens is 1. The molecule has 1 heterocycles. The number of primary amides is 1. The Morgan fingerprint density at radius 3 is 2.81 bits per heavy atom. The second kappa shape index (κ2) is 3.90. The zero-order valence-electron chi connectivity index (χ0n) is 8.39. The van der Waals surface area contributed by atoms with Gasteiger partial charge in [-0.25, -0.2) is 9.78 Å². The third kappa shape index (κ3) is 1.63. The number of carbonyl (C=O) groups is 2. The molecule has 1 aromatic heterocycles. The van der Waals surface area contributed by atoms with Crippen molar-refractivity contribution in [1.29, 1.82) is 0 Å². The molecule has 0 fully saturated rings. The largest absolute Gasteiger partial charge is 0.464 e. The minimum atomic E-state index is -0.563. The third-order valence-electron chi connectivity index (χ3n) is 2.04. The van der Waals surface area contributed by atoms with E-state index in [-0.39, 0.29) is 5.01 Å². The fourth-order valence-corrected chi connectivity index (χ4v) is 2.23. The van der Waals surface area contributed by atoms with E-state index in [0.29, 0.717) is 11.1 Å². The minimum absolute atomic E-state index is 0.214. The molecule has 0 aliphatic rings. The molecule has 0 unspecified atom stereocenters. The summed E-state index contributed by atoms with van der Waals surface area (Å²) in [4.78, 5) is 26.5. The normalized spacial score (nSPS) is 10.3. The molecule has 5 nitrogen and oxygen atoms in total. The number of fused-ring (bicyclic) bond motifs is 1. The van der Waals surface area contributed by atoms with Gasteiger partial charge in [-0.2, -0.15) is 0 Å². The second-order valence-corrected chi connectivity index (χ2v) is 4.06. The van der Waals surface area contributed by atoms with Gasteiger partial charge < -0.3 is 10.5 Å². The summed E-state index contributed by atoms with van der Waals surface area (Å²) >= 11 is 1.17. The summed E-state index contributed by atoms with van der Waals surface area (Å²) in [5.74, 6) is -1.08. The van der Waals surface area contributed by atoms with E-state index in [1.165, 1.54) is 18.4 Å². The first-order valence-corrected chi connectivity index (χ1v) is 5.23. The van der Waals surface area contributed by atoms with Crippen LogP contribution >= 0.6 is 11.3 Å². The summed E-state index contributed by atoms with van der Waals surface area (Å²) < 4.78 is 5.29. The van der Waals surface area contributed by atoms with E-state index in [0.717, 1.165) is 4.70 Å². The van der Waals surface area contributed by atoms with Gasteiger partial charge in [0.2, 0.25) is 5.01 Å². The molecule has 2 N–H and O–H groups in total. The molecule has 0 bridgehead atoms. The van der Waals surface area contributed by atoms with E-state index < -0.39 is 11.9 Å². The predicted octanol–water partition coefficient (Wildman–Crippen LogP) is 1.18. The Bertz CT molecular complexity index is 576. The lowest BCUT2D eigenvalue weighted by Crippen LogP contribution is -2.11. The highest BCUT2D eigenvalue weighted by Crippen LogP contribution is 2.25. The first-order valence-electron chi connectivity index (χ1n) is 4.41. The van der Waals surface area contributed by atoms with Crippen LogP contribution in [0.15, 0.2) is 18.2 Å². The van der Waals surface area contributed by atoms with Crippen molar-refractivity contribution in [3.63, 3.8) is 0 Å². The van der Waals surface area contributed by atoms with Gasteiger partial charge in [0.25, 0.3) is 5.91 Å². The van der Waals surface area contributed by atoms with Crippen LogP contribution in [0.5, 0.6) is 0 Å². The Kier molecular flexibility index (Phi) is 2.57. The SMILES string of the molecule is COC(=O)c1nc2c(C(N)=O)cccc2s1. The fraction of sp³-hybridized carbons (Fsp3) is 0.100. The minimum Gasteiger partial charge on any atom is -0.464 e. The van der Waals surface area contributed by atoms with E-state index in [2.05, 4.69) is 9.72 Å². The molecule has 6 heteroatoms. The molecule has 0 radical (unpaired) electrons. The molecule has 0 aliphatic heterocycles. The lowest BCUT2D eigenvalue weighted by atomic mass is 10.2. The third-order valence-corrected chi connectivity index (χ3v) is 3.05. The van der Waals surface area contributed by atoms with Crippen molar-refractivity contribution in [3.05, 3.63) is 28.8 Å². The van der Waals surface area contributed by atoms with Crippen LogP contribution in [0.1, 0.15) is 20.2 Å². The van der Waals surface area contributed by atoms with Crippen LogP contribution < -0.4 is 5.73 Å². The number of methoxy groups -OCH3 is 1. The number of ether oxygens (including phenoxy) is 1. The van der Waals surface area contributed by atoms with Crippen LogP contribution in [0.4, 0.5) is 0 Å². The number of thiazole rings is 1. The Morgan fingerprint density at radius 2 is 2.19 bits per heavy atom. The number of esters is 1. The average Bonchev–Trinajstić information content (AvgIpc) is 2.70. The maximum absolute atomic E-state index is 11.3. The molecule has 0 saturated carbocycles. The van der Waals surface area contributed by atoms with Crippen LogP contribution in [0.25, 0.3) is 10.2 Å². The number of amides is 1. The summed E-state index contributed by atoms with van der Waals surface area (Å²) in [7, 11) is 1.28. The Balaban J connectivity index is 2.65. The Hall–Kier alpha value is -1.95. The monoisotopic (exact) mass is 236 g/mol. The highest BCUT2D eigenvalue weighted by Gasteiger charge is 2.16. The molecule has 16 heavy (non-hydrogen) atoms. The molecule has 1 aromatic carbocycles. The summed E-state index contributed by atoms with van der Waals surface area (Å²) in [6.07, 6.45) is 0. The Morgan fingerprint density at radius 1 is 1.44 bits per heavy atom. The average molecular weight is 236 g/mol. The van der Waals surface area contributed by atoms with E-state index in [4.69, 9.17) is 5.73 Å². The number of nitrogens with two attached hydrogens (primary N) is 1. The molecule has 0 aliphatic carbocycles. The van der Waals surface area contributed by atoms with Gasteiger partial charge in [-0.15, -0.1) is 11.3 Å². The molecule has 2 aromatic rings. The summed E-state index contributed by atoms with van der Waals surface area (Å²) in [5, 5.41) is 0.214. The van der Waals surface area contributed by atoms with Crippen LogP contribution in [0, 0.1) is 0 Å². The zero-order valence-corrected chi connectivity index (χ0v) is 9.21. The van der Waals surface area contributed by atoms with Gasteiger partial charge in [-0.1, -0.05) is 6.07 Å². The predicted molar refractivity (Wildman–Crippen MR) is 59.5 cm³/mol. The number of carbonyl (C=O) groups excluding carboxylic acids is 2.